The maximum atomic E-state index is 12.1. The Morgan fingerprint density at radius 2 is 1.92 bits per heavy atom. The van der Waals surface area contributed by atoms with Crippen molar-refractivity contribution in [1.82, 2.24) is 5.32 Å². The van der Waals surface area contributed by atoms with Crippen LogP contribution in [-0.2, 0) is 9.53 Å². The van der Waals surface area contributed by atoms with E-state index in [4.69, 9.17) is 16.3 Å². The lowest BCUT2D eigenvalue weighted by atomic mass is 10.1. The fourth-order valence-corrected chi connectivity index (χ4v) is 3.01. The van der Waals surface area contributed by atoms with Gasteiger partial charge >= 0.3 is 5.97 Å². The first-order valence-corrected chi connectivity index (χ1v) is 9.85. The molecule has 0 saturated carbocycles. The summed E-state index contributed by atoms with van der Waals surface area (Å²) in [6, 6.07) is 12.5. The molecule has 2 rings (SSSR count). The zero-order chi connectivity index (χ0) is 18.4. The quantitative estimate of drug-likeness (QED) is 0.513. The van der Waals surface area contributed by atoms with Crippen LogP contribution in [-0.4, -0.2) is 24.7 Å². The molecule has 2 aromatic carbocycles. The molecule has 0 fully saturated rings. The number of hydrogen-bond donors (Lipinski definition) is 1. The van der Waals surface area contributed by atoms with Crippen molar-refractivity contribution in [3.63, 3.8) is 0 Å². The van der Waals surface area contributed by atoms with E-state index >= 15 is 0 Å². The highest BCUT2D eigenvalue weighted by atomic mass is 79.9. The Bertz CT molecular complexity index is 767. The minimum Gasteiger partial charge on any atom is -0.452 e. The highest BCUT2D eigenvalue weighted by Gasteiger charge is 2.16. The van der Waals surface area contributed by atoms with Crippen LogP contribution in [0.2, 0.25) is 5.02 Å². The number of nitrogens with one attached hydrogen (secondary N) is 1. The van der Waals surface area contributed by atoms with Gasteiger partial charge in [0.05, 0.1) is 16.6 Å². The van der Waals surface area contributed by atoms with Gasteiger partial charge in [-0.3, -0.25) is 4.79 Å². The number of esters is 1. The standard InChI is InChI=1S/C18H17BrClNO3S/c1-11(12-3-5-13(19)6-4-12)21-17(22)10-24-18(23)15-9-14(25-2)7-8-16(15)20/h3-9,11H,10H2,1-2H3,(H,21,22). The Balaban J connectivity index is 1.91. The third-order valence-corrected chi connectivity index (χ3v) is 5.06. The topological polar surface area (TPSA) is 55.4 Å². The van der Waals surface area contributed by atoms with Crippen LogP contribution in [0.15, 0.2) is 51.8 Å². The van der Waals surface area contributed by atoms with E-state index in [0.29, 0.717) is 5.02 Å². The van der Waals surface area contributed by atoms with E-state index in [1.165, 1.54) is 11.8 Å². The lowest BCUT2D eigenvalue weighted by molar-refractivity contribution is -0.124. The van der Waals surface area contributed by atoms with E-state index < -0.39 is 5.97 Å². The molecule has 0 aromatic heterocycles. The third kappa shape index (κ3) is 5.76. The number of amides is 1. The van der Waals surface area contributed by atoms with Gasteiger partial charge in [-0.25, -0.2) is 4.79 Å². The van der Waals surface area contributed by atoms with E-state index in [9.17, 15) is 9.59 Å². The van der Waals surface area contributed by atoms with Gasteiger partial charge in [0.25, 0.3) is 5.91 Å². The summed E-state index contributed by atoms with van der Waals surface area (Å²) in [4.78, 5) is 25.0. The SMILES string of the molecule is CSc1ccc(Cl)c(C(=O)OCC(=O)NC(C)c2ccc(Br)cc2)c1. The highest BCUT2D eigenvalue weighted by molar-refractivity contribution is 9.10. The first kappa shape index (κ1) is 19.8. The Morgan fingerprint density at radius 1 is 1.24 bits per heavy atom. The molecule has 132 valence electrons. The number of ether oxygens (including phenoxy) is 1. The van der Waals surface area contributed by atoms with Gasteiger partial charge in [0, 0.05) is 9.37 Å². The number of thioether (sulfide) groups is 1. The molecule has 0 aliphatic rings. The molecule has 1 atom stereocenters. The predicted octanol–water partition coefficient (Wildman–Crippen LogP) is 4.86. The van der Waals surface area contributed by atoms with Crippen molar-refractivity contribution in [2.75, 3.05) is 12.9 Å². The summed E-state index contributed by atoms with van der Waals surface area (Å²) in [5, 5.41) is 3.09. The molecule has 2 aromatic rings. The number of benzene rings is 2. The van der Waals surface area contributed by atoms with E-state index in [1.807, 2.05) is 43.5 Å². The van der Waals surface area contributed by atoms with Gasteiger partial charge < -0.3 is 10.1 Å². The lowest BCUT2D eigenvalue weighted by Crippen LogP contribution is -2.31. The summed E-state index contributed by atoms with van der Waals surface area (Å²) >= 11 is 10.9. The Kier molecular flexibility index (Phi) is 7.35. The number of halogens is 2. The maximum Gasteiger partial charge on any atom is 0.340 e. The summed E-state index contributed by atoms with van der Waals surface area (Å²) in [5.41, 5.74) is 1.21. The second-order valence-corrected chi connectivity index (χ2v) is 7.47. The molecule has 7 heteroatoms. The van der Waals surface area contributed by atoms with E-state index in [2.05, 4.69) is 21.2 Å². The molecule has 0 aliphatic heterocycles. The van der Waals surface area contributed by atoms with Crippen molar-refractivity contribution >= 4 is 51.2 Å². The van der Waals surface area contributed by atoms with Crippen LogP contribution in [0.25, 0.3) is 0 Å². The zero-order valence-electron chi connectivity index (χ0n) is 13.7. The molecule has 0 spiro atoms. The molecule has 4 nitrogen and oxygen atoms in total. The van der Waals surface area contributed by atoms with E-state index in [1.54, 1.807) is 12.1 Å². The summed E-state index contributed by atoms with van der Waals surface area (Å²) in [5.74, 6) is -0.992. The third-order valence-electron chi connectivity index (χ3n) is 3.48. The van der Waals surface area contributed by atoms with Crippen LogP contribution in [0.4, 0.5) is 0 Å². The van der Waals surface area contributed by atoms with Gasteiger partial charge in [0.2, 0.25) is 0 Å². The Morgan fingerprint density at radius 3 is 2.56 bits per heavy atom. The first-order chi connectivity index (χ1) is 11.9. The van der Waals surface area contributed by atoms with E-state index in [-0.39, 0.29) is 24.1 Å². The Labute approximate surface area is 164 Å². The number of carbonyl (C=O) groups excluding carboxylic acids is 2. The number of rotatable bonds is 6. The van der Waals surface area contributed by atoms with Crippen LogP contribution in [0.3, 0.4) is 0 Å². The summed E-state index contributed by atoms with van der Waals surface area (Å²) in [7, 11) is 0. The molecule has 1 N–H and O–H groups in total. The first-order valence-electron chi connectivity index (χ1n) is 7.46. The van der Waals surface area contributed by atoms with Crippen LogP contribution in [0, 0.1) is 0 Å². The average molecular weight is 443 g/mol. The normalized spacial score (nSPS) is 11.7. The van der Waals surface area contributed by atoms with Crippen LogP contribution in [0.5, 0.6) is 0 Å². The van der Waals surface area contributed by atoms with Crippen molar-refractivity contribution < 1.29 is 14.3 Å². The molecular weight excluding hydrogens is 426 g/mol. The average Bonchev–Trinajstić information content (AvgIpc) is 2.60. The van der Waals surface area contributed by atoms with Crippen molar-refractivity contribution in [1.29, 1.82) is 0 Å². The molecule has 0 radical (unpaired) electrons. The summed E-state index contributed by atoms with van der Waals surface area (Å²) in [6.07, 6.45) is 1.90. The van der Waals surface area contributed by atoms with Crippen molar-refractivity contribution in [3.8, 4) is 0 Å². The van der Waals surface area contributed by atoms with Crippen LogP contribution < -0.4 is 5.32 Å². The van der Waals surface area contributed by atoms with Crippen molar-refractivity contribution in [2.24, 2.45) is 0 Å². The highest BCUT2D eigenvalue weighted by Crippen LogP contribution is 2.23. The maximum absolute atomic E-state index is 12.1. The number of hydrogen-bond acceptors (Lipinski definition) is 4. The second-order valence-electron chi connectivity index (χ2n) is 5.26. The number of carbonyl (C=O) groups is 2. The van der Waals surface area contributed by atoms with E-state index in [0.717, 1.165) is 14.9 Å². The molecule has 0 heterocycles. The second kappa shape index (κ2) is 9.27. The Hall–Kier alpha value is -1.50. The van der Waals surface area contributed by atoms with Gasteiger partial charge in [0.1, 0.15) is 0 Å². The van der Waals surface area contributed by atoms with Crippen LogP contribution in [0.1, 0.15) is 28.9 Å². The van der Waals surface area contributed by atoms with Crippen molar-refractivity contribution in [2.45, 2.75) is 17.9 Å². The molecule has 0 bridgehead atoms. The largest absolute Gasteiger partial charge is 0.452 e. The fourth-order valence-electron chi connectivity index (χ4n) is 2.11. The monoisotopic (exact) mass is 441 g/mol. The minimum atomic E-state index is -0.618. The predicted molar refractivity (Wildman–Crippen MR) is 104 cm³/mol. The van der Waals surface area contributed by atoms with Crippen molar-refractivity contribution in [3.05, 3.63) is 63.1 Å². The summed E-state index contributed by atoms with van der Waals surface area (Å²) in [6.45, 7) is 1.50. The molecule has 0 saturated heterocycles. The minimum absolute atomic E-state index is 0.192. The lowest BCUT2D eigenvalue weighted by Gasteiger charge is -2.14. The van der Waals surface area contributed by atoms with Gasteiger partial charge in [-0.15, -0.1) is 11.8 Å². The van der Waals surface area contributed by atoms with Gasteiger partial charge in [-0.1, -0.05) is 39.7 Å². The fraction of sp³-hybridized carbons (Fsp3) is 0.222. The zero-order valence-corrected chi connectivity index (χ0v) is 16.9. The molecule has 25 heavy (non-hydrogen) atoms. The smallest absolute Gasteiger partial charge is 0.340 e. The molecule has 1 unspecified atom stereocenters. The van der Waals surface area contributed by atoms with Crippen LogP contribution >= 0.6 is 39.3 Å². The van der Waals surface area contributed by atoms with Gasteiger partial charge in [0.15, 0.2) is 6.61 Å². The summed E-state index contributed by atoms with van der Waals surface area (Å²) < 4.78 is 6.04. The van der Waals surface area contributed by atoms with Gasteiger partial charge in [-0.05, 0) is 49.1 Å². The molecule has 1 amide bonds. The molecular formula is C18H17BrClNO3S. The molecule has 0 aliphatic carbocycles. The van der Waals surface area contributed by atoms with Gasteiger partial charge in [-0.2, -0.15) is 0 Å².